The van der Waals surface area contributed by atoms with E-state index < -0.39 is 5.60 Å². The zero-order chi connectivity index (χ0) is 14.6. The highest BCUT2D eigenvalue weighted by Gasteiger charge is 2.39. The van der Waals surface area contributed by atoms with Gasteiger partial charge in [-0.3, -0.25) is 4.79 Å². The number of ketones is 1. The van der Waals surface area contributed by atoms with E-state index in [2.05, 4.69) is 0 Å². The predicted octanol–water partition coefficient (Wildman–Crippen LogP) is 3.46. The van der Waals surface area contributed by atoms with Gasteiger partial charge in [0.2, 0.25) is 0 Å². The second-order valence-electron chi connectivity index (χ2n) is 5.67. The quantitative estimate of drug-likeness (QED) is 0.826. The molecule has 0 radical (unpaired) electrons. The summed E-state index contributed by atoms with van der Waals surface area (Å²) in [5, 5.41) is 0. The molecule has 110 valence electrons. The van der Waals surface area contributed by atoms with Gasteiger partial charge in [0.15, 0.2) is 5.78 Å². The molecule has 3 nitrogen and oxygen atoms in total. The van der Waals surface area contributed by atoms with Gasteiger partial charge >= 0.3 is 0 Å². The second kappa shape index (κ2) is 6.40. The van der Waals surface area contributed by atoms with Crippen LogP contribution in [0.4, 0.5) is 0 Å². The van der Waals surface area contributed by atoms with Crippen LogP contribution in [0.2, 0.25) is 0 Å². The third-order valence-corrected chi connectivity index (χ3v) is 4.35. The maximum atomic E-state index is 12.7. The van der Waals surface area contributed by atoms with Gasteiger partial charge in [-0.05, 0) is 25.8 Å². The number of hydrogen-bond acceptors (Lipinski definition) is 3. The molecule has 2 rings (SSSR count). The molecule has 0 saturated heterocycles. The Morgan fingerprint density at radius 1 is 1.20 bits per heavy atom. The molecule has 0 aliphatic heterocycles. The van der Waals surface area contributed by atoms with Gasteiger partial charge in [0.25, 0.3) is 0 Å². The fourth-order valence-corrected chi connectivity index (χ4v) is 3.10. The number of methoxy groups -OCH3 is 2. The van der Waals surface area contributed by atoms with Gasteiger partial charge in [-0.1, -0.05) is 37.0 Å². The average molecular weight is 276 g/mol. The lowest BCUT2D eigenvalue weighted by molar-refractivity contribution is -0.144. The number of ether oxygens (including phenoxy) is 2. The van der Waals surface area contributed by atoms with Crippen LogP contribution in [0.25, 0.3) is 0 Å². The lowest BCUT2D eigenvalue weighted by Crippen LogP contribution is -2.43. The van der Waals surface area contributed by atoms with E-state index in [4.69, 9.17) is 9.47 Å². The van der Waals surface area contributed by atoms with E-state index in [-0.39, 0.29) is 5.78 Å². The molecule has 1 fully saturated rings. The van der Waals surface area contributed by atoms with E-state index in [9.17, 15) is 4.79 Å². The summed E-state index contributed by atoms with van der Waals surface area (Å²) in [7, 11) is 3.31. The minimum Gasteiger partial charge on any atom is -0.496 e. The van der Waals surface area contributed by atoms with Crippen molar-refractivity contribution in [2.75, 3.05) is 14.2 Å². The summed E-state index contributed by atoms with van der Waals surface area (Å²) in [6, 6.07) is 5.96. The largest absolute Gasteiger partial charge is 0.496 e. The van der Waals surface area contributed by atoms with E-state index in [1.54, 1.807) is 14.2 Å². The Morgan fingerprint density at radius 3 is 2.50 bits per heavy atom. The van der Waals surface area contributed by atoms with Gasteiger partial charge in [0.1, 0.15) is 11.4 Å². The molecule has 0 aromatic heterocycles. The number of carbonyl (C=O) groups excluding carboxylic acids is 1. The smallest absolute Gasteiger partial charge is 0.169 e. The van der Waals surface area contributed by atoms with Crippen LogP contribution >= 0.6 is 0 Å². The Balaban J connectivity index is 2.20. The molecule has 1 aliphatic rings. The Bertz CT molecular complexity index is 473. The maximum absolute atomic E-state index is 12.7. The first-order chi connectivity index (χ1) is 9.61. The number of carbonyl (C=O) groups is 1. The summed E-state index contributed by atoms with van der Waals surface area (Å²) >= 11 is 0. The number of aryl methyl sites for hydroxylation is 1. The molecule has 3 heteroatoms. The minimum atomic E-state index is -0.576. The first-order valence-corrected chi connectivity index (χ1v) is 7.33. The molecule has 1 aliphatic carbocycles. The fourth-order valence-electron chi connectivity index (χ4n) is 3.10. The average Bonchev–Trinajstić information content (AvgIpc) is 2.48. The molecule has 0 bridgehead atoms. The summed E-state index contributed by atoms with van der Waals surface area (Å²) in [5.41, 5.74) is 1.52. The van der Waals surface area contributed by atoms with E-state index in [1.807, 2.05) is 25.1 Å². The van der Waals surface area contributed by atoms with Gasteiger partial charge in [-0.15, -0.1) is 0 Å². The molecule has 0 N–H and O–H groups in total. The Hall–Kier alpha value is -1.35. The normalized spacial score (nSPS) is 17.8. The Kier molecular flexibility index (Phi) is 4.81. The number of rotatable bonds is 5. The van der Waals surface area contributed by atoms with E-state index in [0.717, 1.165) is 42.6 Å². The number of Topliss-reactive ketones (excluding diaryl/α,β-unsaturated/α-hetero) is 1. The number of benzene rings is 1. The molecular weight excluding hydrogens is 252 g/mol. The Morgan fingerprint density at radius 2 is 1.90 bits per heavy atom. The van der Waals surface area contributed by atoms with Crippen LogP contribution in [0.15, 0.2) is 18.2 Å². The van der Waals surface area contributed by atoms with Crippen molar-refractivity contribution in [1.82, 2.24) is 0 Å². The zero-order valence-electron chi connectivity index (χ0n) is 12.7. The molecule has 20 heavy (non-hydrogen) atoms. The lowest BCUT2D eigenvalue weighted by Gasteiger charge is -2.34. The lowest BCUT2D eigenvalue weighted by atomic mass is 9.79. The molecule has 1 aromatic carbocycles. The van der Waals surface area contributed by atoms with Crippen LogP contribution in [0.1, 0.15) is 43.2 Å². The minimum absolute atomic E-state index is 0.184. The summed E-state index contributed by atoms with van der Waals surface area (Å²) in [6.07, 6.45) is 5.42. The van der Waals surface area contributed by atoms with Crippen LogP contribution in [-0.2, 0) is 16.0 Å². The summed E-state index contributed by atoms with van der Waals surface area (Å²) in [4.78, 5) is 12.7. The number of hydrogen-bond donors (Lipinski definition) is 0. The third-order valence-electron chi connectivity index (χ3n) is 4.35. The van der Waals surface area contributed by atoms with Crippen LogP contribution in [0.3, 0.4) is 0 Å². The van der Waals surface area contributed by atoms with Crippen LogP contribution in [0, 0.1) is 6.92 Å². The highest BCUT2D eigenvalue weighted by atomic mass is 16.5. The van der Waals surface area contributed by atoms with Gasteiger partial charge in [-0.25, -0.2) is 0 Å². The molecule has 0 heterocycles. The second-order valence-corrected chi connectivity index (χ2v) is 5.67. The van der Waals surface area contributed by atoms with Crippen LogP contribution < -0.4 is 4.74 Å². The molecule has 1 aromatic rings. The monoisotopic (exact) mass is 276 g/mol. The fraction of sp³-hybridized carbons (Fsp3) is 0.588. The van der Waals surface area contributed by atoms with E-state index >= 15 is 0 Å². The third kappa shape index (κ3) is 3.04. The van der Waals surface area contributed by atoms with Crippen LogP contribution in [-0.4, -0.2) is 25.6 Å². The molecule has 0 amide bonds. The van der Waals surface area contributed by atoms with Gasteiger partial charge < -0.3 is 9.47 Å². The highest BCUT2D eigenvalue weighted by Crippen LogP contribution is 2.34. The molecule has 1 saturated carbocycles. The summed E-state index contributed by atoms with van der Waals surface area (Å²) in [6.45, 7) is 2.03. The SMILES string of the molecule is COc1ccc(C)cc1CC(=O)C1(OC)CCCCC1. The topological polar surface area (TPSA) is 35.5 Å². The standard InChI is InChI=1S/C17H24O3/c1-13-7-8-15(19-2)14(11-13)12-16(18)17(20-3)9-5-4-6-10-17/h7-8,11H,4-6,9-10,12H2,1-3H3. The van der Waals surface area contributed by atoms with Crippen molar-refractivity contribution < 1.29 is 14.3 Å². The highest BCUT2D eigenvalue weighted by molar-refractivity contribution is 5.89. The van der Waals surface area contributed by atoms with E-state index in [0.29, 0.717) is 6.42 Å². The molecule has 0 unspecified atom stereocenters. The van der Waals surface area contributed by atoms with Crippen molar-refractivity contribution in [2.45, 2.75) is 51.0 Å². The van der Waals surface area contributed by atoms with E-state index in [1.165, 1.54) is 6.42 Å². The zero-order valence-corrected chi connectivity index (χ0v) is 12.7. The van der Waals surface area contributed by atoms with Crippen molar-refractivity contribution in [1.29, 1.82) is 0 Å². The first kappa shape index (κ1) is 15.0. The Labute approximate surface area is 121 Å². The van der Waals surface area contributed by atoms with Crippen molar-refractivity contribution in [3.63, 3.8) is 0 Å². The maximum Gasteiger partial charge on any atom is 0.169 e. The predicted molar refractivity (Wildman–Crippen MR) is 79.3 cm³/mol. The molecule has 0 spiro atoms. The van der Waals surface area contributed by atoms with Crippen molar-refractivity contribution in [2.24, 2.45) is 0 Å². The summed E-state index contributed by atoms with van der Waals surface area (Å²) in [5.74, 6) is 0.967. The van der Waals surface area contributed by atoms with Gasteiger partial charge in [0.05, 0.1) is 7.11 Å². The van der Waals surface area contributed by atoms with Crippen LogP contribution in [0.5, 0.6) is 5.75 Å². The van der Waals surface area contributed by atoms with Crippen molar-refractivity contribution >= 4 is 5.78 Å². The first-order valence-electron chi connectivity index (χ1n) is 7.33. The van der Waals surface area contributed by atoms with Crippen molar-refractivity contribution in [3.8, 4) is 5.75 Å². The van der Waals surface area contributed by atoms with Crippen molar-refractivity contribution in [3.05, 3.63) is 29.3 Å². The van der Waals surface area contributed by atoms with Gasteiger partial charge in [0, 0.05) is 19.1 Å². The summed E-state index contributed by atoms with van der Waals surface area (Å²) < 4.78 is 11.0. The molecular formula is C17H24O3. The van der Waals surface area contributed by atoms with Gasteiger partial charge in [-0.2, -0.15) is 0 Å². The molecule has 0 atom stereocenters.